The van der Waals surface area contributed by atoms with Crippen molar-refractivity contribution in [1.29, 1.82) is 0 Å². The number of carbonyl (C=O) groups is 2. The van der Waals surface area contributed by atoms with E-state index >= 15 is 0 Å². The summed E-state index contributed by atoms with van der Waals surface area (Å²) >= 11 is 3.23. The van der Waals surface area contributed by atoms with Crippen molar-refractivity contribution >= 4 is 27.7 Å². The monoisotopic (exact) mass is 418 g/mol. The molecule has 0 saturated heterocycles. The van der Waals surface area contributed by atoms with Crippen LogP contribution in [-0.2, 0) is 11.2 Å². The SMILES string of the molecule is CN(C(=O)CCNC(=O)c1cc(F)ccc1Br)C1CCc2ccccc21. The molecule has 4 nitrogen and oxygen atoms in total. The smallest absolute Gasteiger partial charge is 0.252 e. The van der Waals surface area contributed by atoms with Gasteiger partial charge in [0.05, 0.1) is 11.6 Å². The molecule has 2 amide bonds. The van der Waals surface area contributed by atoms with Crippen LogP contribution in [0.2, 0.25) is 0 Å². The Morgan fingerprint density at radius 1 is 1.27 bits per heavy atom. The normalized spacial score (nSPS) is 15.4. The van der Waals surface area contributed by atoms with Gasteiger partial charge in [0, 0.05) is 24.5 Å². The second-order valence-electron chi connectivity index (χ2n) is 6.39. The van der Waals surface area contributed by atoms with Crippen LogP contribution in [0.4, 0.5) is 4.39 Å². The minimum Gasteiger partial charge on any atom is -0.351 e. The van der Waals surface area contributed by atoms with Crippen LogP contribution < -0.4 is 5.32 Å². The van der Waals surface area contributed by atoms with Crippen molar-refractivity contribution in [3.8, 4) is 0 Å². The predicted molar refractivity (Wildman–Crippen MR) is 101 cm³/mol. The number of nitrogens with zero attached hydrogens (tertiary/aromatic N) is 1. The van der Waals surface area contributed by atoms with Crippen molar-refractivity contribution < 1.29 is 14.0 Å². The van der Waals surface area contributed by atoms with Crippen molar-refractivity contribution in [1.82, 2.24) is 10.2 Å². The Kier molecular flexibility index (Phi) is 5.71. The number of carbonyl (C=O) groups excluding carboxylic acids is 2. The van der Waals surface area contributed by atoms with E-state index < -0.39 is 11.7 Å². The Bertz CT molecular complexity index is 840. The fourth-order valence-electron chi connectivity index (χ4n) is 3.34. The van der Waals surface area contributed by atoms with E-state index in [0.717, 1.165) is 12.8 Å². The minimum atomic E-state index is -0.478. The zero-order chi connectivity index (χ0) is 18.7. The van der Waals surface area contributed by atoms with Crippen molar-refractivity contribution in [3.05, 3.63) is 69.4 Å². The van der Waals surface area contributed by atoms with Gasteiger partial charge in [-0.15, -0.1) is 0 Å². The van der Waals surface area contributed by atoms with E-state index in [1.165, 1.54) is 29.3 Å². The highest BCUT2D eigenvalue weighted by Gasteiger charge is 2.28. The van der Waals surface area contributed by atoms with Crippen LogP contribution in [0.1, 0.15) is 40.4 Å². The summed E-state index contributed by atoms with van der Waals surface area (Å²) in [6.07, 6.45) is 2.10. The van der Waals surface area contributed by atoms with Gasteiger partial charge in [0.15, 0.2) is 0 Å². The largest absolute Gasteiger partial charge is 0.351 e. The first-order chi connectivity index (χ1) is 12.5. The summed E-state index contributed by atoms with van der Waals surface area (Å²) < 4.78 is 13.8. The lowest BCUT2D eigenvalue weighted by Crippen LogP contribution is -2.34. The molecule has 1 N–H and O–H groups in total. The zero-order valence-electron chi connectivity index (χ0n) is 14.5. The van der Waals surface area contributed by atoms with Gasteiger partial charge in [-0.3, -0.25) is 9.59 Å². The fourth-order valence-corrected chi connectivity index (χ4v) is 3.76. The van der Waals surface area contributed by atoms with E-state index in [4.69, 9.17) is 0 Å². The predicted octanol–water partition coefficient (Wildman–Crippen LogP) is 3.85. The zero-order valence-corrected chi connectivity index (χ0v) is 16.1. The molecule has 136 valence electrons. The molecule has 1 aliphatic rings. The summed E-state index contributed by atoms with van der Waals surface area (Å²) in [5.41, 5.74) is 2.72. The molecule has 6 heteroatoms. The molecule has 0 fully saturated rings. The van der Waals surface area contributed by atoms with Crippen LogP contribution in [-0.4, -0.2) is 30.3 Å². The van der Waals surface area contributed by atoms with E-state index in [1.54, 1.807) is 11.9 Å². The average Bonchev–Trinajstić information content (AvgIpc) is 3.07. The highest BCUT2D eigenvalue weighted by molar-refractivity contribution is 9.10. The third kappa shape index (κ3) is 3.96. The standard InChI is InChI=1S/C20H20BrFN2O2/c1-24(18-9-6-13-4-2-3-5-15(13)18)19(25)10-11-23-20(26)16-12-14(22)7-8-17(16)21/h2-5,7-8,12,18H,6,9-11H2,1H3,(H,23,26). The molecule has 0 aromatic heterocycles. The number of rotatable bonds is 5. The molecule has 2 aromatic carbocycles. The first kappa shape index (κ1) is 18.6. The molecule has 1 aliphatic carbocycles. The maximum atomic E-state index is 13.3. The van der Waals surface area contributed by atoms with Crippen molar-refractivity contribution in [2.75, 3.05) is 13.6 Å². The average molecular weight is 419 g/mol. The third-order valence-corrected chi connectivity index (χ3v) is 5.45. The minimum absolute atomic E-state index is 0.0229. The van der Waals surface area contributed by atoms with Crippen LogP contribution in [0.3, 0.4) is 0 Å². The summed E-state index contributed by atoms with van der Waals surface area (Å²) in [7, 11) is 1.81. The molecule has 1 atom stereocenters. The number of benzene rings is 2. The van der Waals surface area contributed by atoms with Gasteiger partial charge < -0.3 is 10.2 Å². The first-order valence-electron chi connectivity index (χ1n) is 8.54. The van der Waals surface area contributed by atoms with E-state index in [0.29, 0.717) is 4.47 Å². The lowest BCUT2D eigenvalue weighted by atomic mass is 10.1. The molecule has 0 spiro atoms. The second kappa shape index (κ2) is 7.99. The highest BCUT2D eigenvalue weighted by Crippen LogP contribution is 2.34. The first-order valence-corrected chi connectivity index (χ1v) is 9.33. The summed E-state index contributed by atoms with van der Waals surface area (Å²) in [4.78, 5) is 26.4. The fraction of sp³-hybridized carbons (Fsp3) is 0.300. The number of aryl methyl sites for hydroxylation is 1. The Labute approximate surface area is 160 Å². The van der Waals surface area contributed by atoms with Gasteiger partial charge in [-0.1, -0.05) is 24.3 Å². The molecule has 0 bridgehead atoms. The van der Waals surface area contributed by atoms with Gasteiger partial charge in [-0.05, 0) is 58.1 Å². The number of halogens is 2. The van der Waals surface area contributed by atoms with Gasteiger partial charge in [0.1, 0.15) is 5.82 Å². The van der Waals surface area contributed by atoms with Gasteiger partial charge in [-0.2, -0.15) is 0 Å². The molecule has 0 saturated carbocycles. The summed E-state index contributed by atoms with van der Waals surface area (Å²) in [5.74, 6) is -0.905. The van der Waals surface area contributed by atoms with Crippen LogP contribution in [0, 0.1) is 5.82 Å². The Balaban J connectivity index is 1.54. The molecule has 0 heterocycles. The number of hydrogen-bond donors (Lipinski definition) is 1. The molecule has 1 unspecified atom stereocenters. The molecular formula is C20H20BrFN2O2. The van der Waals surface area contributed by atoms with E-state index in [-0.39, 0.29) is 30.5 Å². The number of amides is 2. The maximum Gasteiger partial charge on any atom is 0.252 e. The van der Waals surface area contributed by atoms with Gasteiger partial charge in [0.25, 0.3) is 5.91 Å². The molecule has 0 radical (unpaired) electrons. The molecule has 0 aliphatic heterocycles. The Morgan fingerprint density at radius 2 is 2.04 bits per heavy atom. The maximum absolute atomic E-state index is 13.3. The Morgan fingerprint density at radius 3 is 2.85 bits per heavy atom. The quantitative estimate of drug-likeness (QED) is 0.801. The van der Waals surface area contributed by atoms with Gasteiger partial charge in [-0.25, -0.2) is 4.39 Å². The molecule has 3 rings (SSSR count). The third-order valence-electron chi connectivity index (χ3n) is 4.76. The molecular weight excluding hydrogens is 399 g/mol. The highest BCUT2D eigenvalue weighted by atomic mass is 79.9. The van der Waals surface area contributed by atoms with Crippen LogP contribution >= 0.6 is 15.9 Å². The van der Waals surface area contributed by atoms with E-state index in [1.807, 2.05) is 12.1 Å². The molecule has 2 aromatic rings. The second-order valence-corrected chi connectivity index (χ2v) is 7.24. The van der Waals surface area contributed by atoms with Crippen LogP contribution in [0.5, 0.6) is 0 Å². The number of fused-ring (bicyclic) bond motifs is 1. The van der Waals surface area contributed by atoms with Crippen molar-refractivity contribution in [2.24, 2.45) is 0 Å². The number of hydrogen-bond acceptors (Lipinski definition) is 2. The van der Waals surface area contributed by atoms with E-state index in [2.05, 4.69) is 33.4 Å². The van der Waals surface area contributed by atoms with E-state index in [9.17, 15) is 14.0 Å². The van der Waals surface area contributed by atoms with Gasteiger partial charge >= 0.3 is 0 Å². The summed E-state index contributed by atoms with van der Waals surface area (Å²) in [6.45, 7) is 0.208. The molecule has 26 heavy (non-hydrogen) atoms. The van der Waals surface area contributed by atoms with Gasteiger partial charge in [0.2, 0.25) is 5.91 Å². The summed E-state index contributed by atoms with van der Waals surface area (Å²) in [6, 6.07) is 12.2. The summed E-state index contributed by atoms with van der Waals surface area (Å²) in [5, 5.41) is 2.68. The van der Waals surface area contributed by atoms with Crippen LogP contribution in [0.25, 0.3) is 0 Å². The van der Waals surface area contributed by atoms with Crippen LogP contribution in [0.15, 0.2) is 46.9 Å². The lowest BCUT2D eigenvalue weighted by molar-refractivity contribution is -0.131. The number of nitrogens with one attached hydrogen (secondary N) is 1. The lowest BCUT2D eigenvalue weighted by Gasteiger charge is -2.25. The van der Waals surface area contributed by atoms with Crippen molar-refractivity contribution in [3.63, 3.8) is 0 Å². The Hall–Kier alpha value is -2.21. The van der Waals surface area contributed by atoms with Crippen molar-refractivity contribution in [2.45, 2.75) is 25.3 Å². The topological polar surface area (TPSA) is 49.4 Å².